The average Bonchev–Trinajstić information content (AvgIpc) is 2.30. The van der Waals surface area contributed by atoms with Gasteiger partial charge in [-0.3, -0.25) is 0 Å². The standard InChI is InChI=1S/C17H30/c1-7-11-17(12-8-2)16(10-4)13-15(9-3)14(5)6/h10,13,17H,4,7-9,11-12H2,1-3,5-6H3/b16-13+. The molecule has 0 aliphatic heterocycles. The van der Waals surface area contributed by atoms with Crippen molar-refractivity contribution in [1.29, 1.82) is 0 Å². The Morgan fingerprint density at radius 3 is 1.88 bits per heavy atom. The molecule has 0 saturated heterocycles. The second-order valence-corrected chi connectivity index (χ2v) is 5.00. The van der Waals surface area contributed by atoms with E-state index in [1.807, 2.05) is 0 Å². The van der Waals surface area contributed by atoms with Crippen LogP contribution in [0.1, 0.15) is 66.7 Å². The Bertz CT molecular complexity index is 268. The van der Waals surface area contributed by atoms with Crippen LogP contribution in [0.3, 0.4) is 0 Å². The van der Waals surface area contributed by atoms with E-state index in [9.17, 15) is 0 Å². The molecule has 0 saturated carbocycles. The molecule has 0 N–H and O–H groups in total. The Morgan fingerprint density at radius 2 is 1.59 bits per heavy atom. The molecular formula is C17H30. The molecule has 0 bridgehead atoms. The van der Waals surface area contributed by atoms with Gasteiger partial charge in [0.25, 0.3) is 0 Å². The van der Waals surface area contributed by atoms with Crippen LogP contribution in [0.2, 0.25) is 0 Å². The molecule has 0 aliphatic carbocycles. The molecule has 0 spiro atoms. The molecule has 0 rings (SSSR count). The third-order valence-electron chi connectivity index (χ3n) is 3.35. The molecule has 0 fully saturated rings. The van der Waals surface area contributed by atoms with Gasteiger partial charge in [-0.2, -0.15) is 0 Å². The van der Waals surface area contributed by atoms with Crippen molar-refractivity contribution in [1.82, 2.24) is 0 Å². The molecule has 0 amide bonds. The zero-order chi connectivity index (χ0) is 13.3. The Labute approximate surface area is 109 Å². The quantitative estimate of drug-likeness (QED) is 0.448. The Kier molecular flexibility index (Phi) is 8.85. The Hall–Kier alpha value is -0.780. The first-order chi connectivity index (χ1) is 8.10. The van der Waals surface area contributed by atoms with Gasteiger partial charge in [-0.1, -0.05) is 57.9 Å². The first-order valence-electron chi connectivity index (χ1n) is 7.10. The number of hydrogen-bond acceptors (Lipinski definition) is 0. The molecule has 0 aromatic heterocycles. The number of allylic oxidation sites excluding steroid dienone is 5. The fourth-order valence-electron chi connectivity index (χ4n) is 2.32. The van der Waals surface area contributed by atoms with Gasteiger partial charge in [0.05, 0.1) is 0 Å². The lowest BCUT2D eigenvalue weighted by atomic mass is 9.88. The summed E-state index contributed by atoms with van der Waals surface area (Å²) in [5.41, 5.74) is 4.34. The van der Waals surface area contributed by atoms with E-state index in [1.54, 1.807) is 0 Å². The van der Waals surface area contributed by atoms with Crippen LogP contribution < -0.4 is 0 Å². The molecular weight excluding hydrogens is 204 g/mol. The van der Waals surface area contributed by atoms with E-state index in [1.165, 1.54) is 42.4 Å². The molecule has 0 radical (unpaired) electrons. The van der Waals surface area contributed by atoms with Gasteiger partial charge in [0.1, 0.15) is 0 Å². The van der Waals surface area contributed by atoms with Gasteiger partial charge < -0.3 is 0 Å². The van der Waals surface area contributed by atoms with E-state index in [4.69, 9.17) is 0 Å². The van der Waals surface area contributed by atoms with E-state index < -0.39 is 0 Å². The highest BCUT2D eigenvalue weighted by atomic mass is 14.2. The second-order valence-electron chi connectivity index (χ2n) is 5.00. The minimum atomic E-state index is 0.698. The van der Waals surface area contributed by atoms with Crippen LogP contribution in [0.25, 0.3) is 0 Å². The van der Waals surface area contributed by atoms with Gasteiger partial charge in [-0.15, -0.1) is 0 Å². The summed E-state index contributed by atoms with van der Waals surface area (Å²) >= 11 is 0. The number of hydrogen-bond donors (Lipinski definition) is 0. The first-order valence-corrected chi connectivity index (χ1v) is 7.10. The van der Waals surface area contributed by atoms with E-state index >= 15 is 0 Å². The third-order valence-corrected chi connectivity index (χ3v) is 3.35. The van der Waals surface area contributed by atoms with Gasteiger partial charge in [0, 0.05) is 0 Å². The molecule has 0 nitrogen and oxygen atoms in total. The van der Waals surface area contributed by atoms with Crippen LogP contribution in [-0.2, 0) is 0 Å². The highest BCUT2D eigenvalue weighted by Crippen LogP contribution is 2.26. The molecule has 0 aliphatic rings. The van der Waals surface area contributed by atoms with Crippen molar-refractivity contribution in [3.8, 4) is 0 Å². The van der Waals surface area contributed by atoms with Crippen LogP contribution in [0.5, 0.6) is 0 Å². The molecule has 0 unspecified atom stereocenters. The summed E-state index contributed by atoms with van der Waals surface area (Å²) in [5.74, 6) is 0.698. The summed E-state index contributed by atoms with van der Waals surface area (Å²) in [6.07, 6.45) is 10.6. The van der Waals surface area contributed by atoms with Crippen LogP contribution >= 0.6 is 0 Å². The van der Waals surface area contributed by atoms with Crippen molar-refractivity contribution < 1.29 is 0 Å². The maximum absolute atomic E-state index is 4.00. The Morgan fingerprint density at radius 1 is 1.06 bits per heavy atom. The monoisotopic (exact) mass is 234 g/mol. The lowest BCUT2D eigenvalue weighted by Crippen LogP contribution is -2.03. The van der Waals surface area contributed by atoms with Gasteiger partial charge in [0.15, 0.2) is 0 Å². The minimum absolute atomic E-state index is 0.698. The molecule has 0 aromatic carbocycles. The van der Waals surface area contributed by atoms with Crippen LogP contribution in [0, 0.1) is 5.92 Å². The molecule has 17 heavy (non-hydrogen) atoms. The maximum Gasteiger partial charge on any atom is -0.0162 e. The third kappa shape index (κ3) is 5.91. The average molecular weight is 234 g/mol. The van der Waals surface area contributed by atoms with Crippen LogP contribution in [0.4, 0.5) is 0 Å². The fourth-order valence-corrected chi connectivity index (χ4v) is 2.32. The number of rotatable bonds is 8. The van der Waals surface area contributed by atoms with E-state index in [0.29, 0.717) is 5.92 Å². The van der Waals surface area contributed by atoms with Crippen molar-refractivity contribution in [2.24, 2.45) is 5.92 Å². The summed E-state index contributed by atoms with van der Waals surface area (Å²) < 4.78 is 0. The molecule has 0 aromatic rings. The summed E-state index contributed by atoms with van der Waals surface area (Å²) in [4.78, 5) is 0. The molecule has 0 heterocycles. The Balaban J connectivity index is 5.06. The smallest absolute Gasteiger partial charge is 0.0162 e. The fraction of sp³-hybridized carbons (Fsp3) is 0.647. The summed E-state index contributed by atoms with van der Waals surface area (Å²) in [6, 6.07) is 0. The zero-order valence-corrected chi connectivity index (χ0v) is 12.5. The second kappa shape index (κ2) is 9.27. The predicted octanol–water partition coefficient (Wildman–Crippen LogP) is 6.06. The summed E-state index contributed by atoms with van der Waals surface area (Å²) in [5, 5.41) is 0. The lowest BCUT2D eigenvalue weighted by Gasteiger charge is -2.17. The normalized spacial score (nSPS) is 11.8. The van der Waals surface area contributed by atoms with E-state index in [2.05, 4.69) is 53.3 Å². The zero-order valence-electron chi connectivity index (χ0n) is 12.5. The molecule has 98 valence electrons. The van der Waals surface area contributed by atoms with Crippen LogP contribution in [-0.4, -0.2) is 0 Å². The lowest BCUT2D eigenvalue weighted by molar-refractivity contribution is 0.512. The largest absolute Gasteiger partial charge is 0.0988 e. The minimum Gasteiger partial charge on any atom is -0.0988 e. The SMILES string of the molecule is C=C/C(=C\C(CC)=C(C)C)C(CCC)CCC. The van der Waals surface area contributed by atoms with Crippen molar-refractivity contribution in [3.63, 3.8) is 0 Å². The maximum atomic E-state index is 4.00. The topological polar surface area (TPSA) is 0 Å². The van der Waals surface area contributed by atoms with Crippen molar-refractivity contribution in [3.05, 3.63) is 35.5 Å². The van der Waals surface area contributed by atoms with E-state index in [0.717, 1.165) is 6.42 Å². The highest BCUT2D eigenvalue weighted by molar-refractivity contribution is 5.33. The van der Waals surface area contributed by atoms with Crippen LogP contribution in [0.15, 0.2) is 35.5 Å². The van der Waals surface area contributed by atoms with Crippen molar-refractivity contribution in [2.45, 2.75) is 66.7 Å². The molecule has 0 atom stereocenters. The highest BCUT2D eigenvalue weighted by Gasteiger charge is 2.10. The summed E-state index contributed by atoms with van der Waals surface area (Å²) in [7, 11) is 0. The van der Waals surface area contributed by atoms with Gasteiger partial charge in [0.2, 0.25) is 0 Å². The first kappa shape index (κ1) is 16.2. The molecule has 0 heteroatoms. The van der Waals surface area contributed by atoms with Crippen molar-refractivity contribution in [2.75, 3.05) is 0 Å². The van der Waals surface area contributed by atoms with Crippen molar-refractivity contribution >= 4 is 0 Å². The van der Waals surface area contributed by atoms with E-state index in [-0.39, 0.29) is 0 Å². The predicted molar refractivity (Wildman–Crippen MR) is 80.3 cm³/mol. The van der Waals surface area contributed by atoms with Gasteiger partial charge in [-0.25, -0.2) is 0 Å². The van der Waals surface area contributed by atoms with Gasteiger partial charge >= 0.3 is 0 Å². The van der Waals surface area contributed by atoms with Gasteiger partial charge in [-0.05, 0) is 50.2 Å². The summed E-state index contributed by atoms with van der Waals surface area (Å²) in [6.45, 7) is 15.2.